The molecule has 0 aliphatic carbocycles. The highest BCUT2D eigenvalue weighted by Crippen LogP contribution is 2.35. The van der Waals surface area contributed by atoms with Crippen molar-refractivity contribution in [1.82, 2.24) is 0 Å². The maximum Gasteiger partial charge on any atom is 0.469 e. The van der Waals surface area contributed by atoms with E-state index in [0.29, 0.717) is 0 Å². The van der Waals surface area contributed by atoms with E-state index in [9.17, 15) is 4.57 Å². The fourth-order valence-corrected chi connectivity index (χ4v) is 4.16. The first-order chi connectivity index (χ1) is 14.1. The summed E-state index contributed by atoms with van der Waals surface area (Å²) < 4.78 is 15.0. The van der Waals surface area contributed by atoms with Crippen molar-refractivity contribution in [3.05, 3.63) is 0 Å². The quantitative estimate of drug-likeness (QED) is 0.110. The van der Waals surface area contributed by atoms with Crippen molar-refractivity contribution in [2.45, 2.75) is 135 Å². The van der Waals surface area contributed by atoms with E-state index in [1.54, 1.807) is 0 Å². The van der Waals surface area contributed by atoms with Gasteiger partial charge in [0.25, 0.3) is 0 Å². The smallest absolute Gasteiger partial charge is 0.330 e. The third kappa shape index (κ3) is 28.1. The highest BCUT2D eigenvalue weighted by atomic mass is 31.2. The molecule has 0 heterocycles. The fraction of sp³-hybridized carbons (Fsp3) is 1.00. The standard InChI is InChI=1S/C23H50NO4P/c24-22-20-18-16-14-12-10-8-6-4-2-1-3-5-7-9-11-13-15-17-19-21-23-28-29(25,26)27/h1-24H2,(H2,25,26,27). The molecule has 0 aromatic heterocycles. The maximum absolute atomic E-state index is 10.5. The van der Waals surface area contributed by atoms with Crippen LogP contribution in [0.5, 0.6) is 0 Å². The van der Waals surface area contributed by atoms with Crippen LogP contribution in [0.2, 0.25) is 0 Å². The summed E-state index contributed by atoms with van der Waals surface area (Å²) in [6, 6.07) is 0. The summed E-state index contributed by atoms with van der Waals surface area (Å²) in [5, 5.41) is 0. The topological polar surface area (TPSA) is 92.8 Å². The van der Waals surface area contributed by atoms with E-state index >= 15 is 0 Å². The normalized spacial score (nSPS) is 12.0. The van der Waals surface area contributed by atoms with Crippen LogP contribution in [0.1, 0.15) is 135 Å². The summed E-state index contributed by atoms with van der Waals surface area (Å²) in [7, 11) is -4.27. The second kappa shape index (κ2) is 22.7. The van der Waals surface area contributed by atoms with E-state index in [4.69, 9.17) is 15.5 Å². The molecule has 0 fully saturated rings. The lowest BCUT2D eigenvalue weighted by Crippen LogP contribution is -1.97. The third-order valence-electron chi connectivity index (χ3n) is 5.61. The Kier molecular flexibility index (Phi) is 22.8. The summed E-state index contributed by atoms with van der Waals surface area (Å²) in [6.45, 7) is 1.02. The van der Waals surface area contributed by atoms with Gasteiger partial charge >= 0.3 is 7.82 Å². The van der Waals surface area contributed by atoms with Crippen LogP contribution < -0.4 is 5.73 Å². The first kappa shape index (κ1) is 29.1. The van der Waals surface area contributed by atoms with Crippen molar-refractivity contribution >= 4 is 7.82 Å². The predicted molar refractivity (Wildman–Crippen MR) is 124 cm³/mol. The Bertz CT molecular complexity index is 363. The van der Waals surface area contributed by atoms with E-state index in [0.717, 1.165) is 25.8 Å². The molecule has 4 N–H and O–H groups in total. The second-order valence-electron chi connectivity index (χ2n) is 8.54. The van der Waals surface area contributed by atoms with Crippen LogP contribution in [-0.4, -0.2) is 22.9 Å². The second-order valence-corrected chi connectivity index (χ2v) is 9.78. The third-order valence-corrected chi connectivity index (χ3v) is 6.13. The minimum atomic E-state index is -4.27. The highest BCUT2D eigenvalue weighted by molar-refractivity contribution is 7.46. The molecule has 0 amide bonds. The van der Waals surface area contributed by atoms with Gasteiger partial charge in [0.15, 0.2) is 0 Å². The van der Waals surface area contributed by atoms with Crippen LogP contribution in [0.25, 0.3) is 0 Å². The summed E-state index contributed by atoms with van der Waals surface area (Å²) in [4.78, 5) is 17.2. The molecular formula is C23H50NO4P. The minimum absolute atomic E-state index is 0.167. The number of phosphoric ester groups is 1. The summed E-state index contributed by atoms with van der Waals surface area (Å²) in [5.41, 5.74) is 5.51. The zero-order valence-corrected chi connectivity index (χ0v) is 19.9. The molecule has 5 nitrogen and oxygen atoms in total. The van der Waals surface area contributed by atoms with Gasteiger partial charge in [0.2, 0.25) is 0 Å². The van der Waals surface area contributed by atoms with Crippen LogP contribution in [0.3, 0.4) is 0 Å². The van der Waals surface area contributed by atoms with Gasteiger partial charge < -0.3 is 15.5 Å². The van der Waals surface area contributed by atoms with Crippen LogP contribution in [0, 0.1) is 0 Å². The lowest BCUT2D eigenvalue weighted by atomic mass is 10.0. The van der Waals surface area contributed by atoms with Crippen molar-refractivity contribution in [2.75, 3.05) is 13.2 Å². The van der Waals surface area contributed by atoms with E-state index in [-0.39, 0.29) is 6.61 Å². The Morgan fingerprint density at radius 2 is 0.724 bits per heavy atom. The number of nitrogens with two attached hydrogens (primary N) is 1. The molecule has 0 aliphatic heterocycles. The maximum atomic E-state index is 10.5. The number of phosphoric acid groups is 1. The van der Waals surface area contributed by atoms with Gasteiger partial charge in [-0.3, -0.25) is 4.52 Å². The monoisotopic (exact) mass is 435 g/mol. The molecule has 0 aliphatic rings. The van der Waals surface area contributed by atoms with Crippen molar-refractivity contribution < 1.29 is 18.9 Å². The van der Waals surface area contributed by atoms with E-state index < -0.39 is 7.82 Å². The van der Waals surface area contributed by atoms with Crippen LogP contribution in [0.4, 0.5) is 0 Å². The van der Waals surface area contributed by atoms with Gasteiger partial charge in [-0.05, 0) is 19.4 Å². The zero-order valence-electron chi connectivity index (χ0n) is 19.0. The molecule has 0 radical (unpaired) electrons. The Morgan fingerprint density at radius 3 is 0.966 bits per heavy atom. The zero-order chi connectivity index (χ0) is 21.5. The highest BCUT2D eigenvalue weighted by Gasteiger charge is 2.12. The number of hydrogen-bond donors (Lipinski definition) is 3. The summed E-state index contributed by atoms with van der Waals surface area (Å²) in [6.07, 6.45) is 27.4. The SMILES string of the molecule is NCCCCCCCCCCCCCCCCCCCCCCCOP(=O)(O)O. The molecule has 0 aromatic rings. The lowest BCUT2D eigenvalue weighted by Gasteiger charge is -2.05. The van der Waals surface area contributed by atoms with Gasteiger partial charge in [0.1, 0.15) is 0 Å². The van der Waals surface area contributed by atoms with Gasteiger partial charge in [-0.25, -0.2) is 4.57 Å². The molecule has 6 heteroatoms. The molecule has 0 unspecified atom stereocenters. The number of hydrogen-bond acceptors (Lipinski definition) is 3. The number of rotatable bonds is 24. The average molecular weight is 436 g/mol. The lowest BCUT2D eigenvalue weighted by molar-refractivity contribution is 0.193. The fourth-order valence-electron chi connectivity index (χ4n) is 3.79. The summed E-state index contributed by atoms with van der Waals surface area (Å²) >= 11 is 0. The Morgan fingerprint density at radius 1 is 0.483 bits per heavy atom. The Balaban J connectivity index is 3.02. The largest absolute Gasteiger partial charge is 0.469 e. The van der Waals surface area contributed by atoms with Crippen molar-refractivity contribution in [3.8, 4) is 0 Å². The molecule has 0 aromatic carbocycles. The molecule has 0 rings (SSSR count). The van der Waals surface area contributed by atoms with E-state index in [2.05, 4.69) is 4.52 Å². The average Bonchev–Trinajstić information content (AvgIpc) is 2.67. The molecule has 29 heavy (non-hydrogen) atoms. The minimum Gasteiger partial charge on any atom is -0.330 e. The molecule has 0 spiro atoms. The van der Waals surface area contributed by atoms with Gasteiger partial charge in [-0.15, -0.1) is 0 Å². The molecule has 0 saturated heterocycles. The van der Waals surface area contributed by atoms with Crippen molar-refractivity contribution in [1.29, 1.82) is 0 Å². The molecule has 0 atom stereocenters. The molecular weight excluding hydrogens is 385 g/mol. The predicted octanol–water partition coefficient (Wildman–Crippen LogP) is 7.25. The first-order valence-electron chi connectivity index (χ1n) is 12.5. The van der Waals surface area contributed by atoms with E-state index in [1.165, 1.54) is 116 Å². The molecule has 176 valence electrons. The molecule has 0 bridgehead atoms. The number of unbranched alkanes of at least 4 members (excludes halogenated alkanes) is 20. The van der Waals surface area contributed by atoms with Crippen molar-refractivity contribution in [2.24, 2.45) is 5.73 Å². The molecule has 0 saturated carbocycles. The van der Waals surface area contributed by atoms with Gasteiger partial charge in [-0.1, -0.05) is 122 Å². The first-order valence-corrected chi connectivity index (χ1v) is 14.0. The summed E-state index contributed by atoms with van der Waals surface area (Å²) in [5.74, 6) is 0. The van der Waals surface area contributed by atoms with Gasteiger partial charge in [0, 0.05) is 0 Å². The van der Waals surface area contributed by atoms with Crippen LogP contribution in [-0.2, 0) is 9.09 Å². The van der Waals surface area contributed by atoms with Crippen molar-refractivity contribution in [3.63, 3.8) is 0 Å². The van der Waals surface area contributed by atoms with E-state index in [1.807, 2.05) is 0 Å². The Hall–Kier alpha value is 0.0700. The van der Waals surface area contributed by atoms with Crippen LogP contribution in [0.15, 0.2) is 0 Å². The van der Waals surface area contributed by atoms with Gasteiger partial charge in [-0.2, -0.15) is 0 Å². The Labute approximate surface area is 180 Å². The van der Waals surface area contributed by atoms with Crippen LogP contribution >= 0.6 is 7.82 Å². The van der Waals surface area contributed by atoms with Gasteiger partial charge in [0.05, 0.1) is 6.61 Å².